The van der Waals surface area contributed by atoms with E-state index in [1.54, 1.807) is 12.1 Å². The number of nitrogens with zero attached hydrogens (tertiary/aromatic N) is 1. The Kier molecular flexibility index (Phi) is 2.81. The summed E-state index contributed by atoms with van der Waals surface area (Å²) in [5.74, 6) is 0.0350. The second kappa shape index (κ2) is 4.37. The molecule has 1 saturated carbocycles. The van der Waals surface area contributed by atoms with Crippen molar-refractivity contribution in [2.75, 3.05) is 4.90 Å². The summed E-state index contributed by atoms with van der Waals surface area (Å²) >= 11 is 0. The van der Waals surface area contributed by atoms with Gasteiger partial charge in [0.05, 0.1) is 17.5 Å². The summed E-state index contributed by atoms with van der Waals surface area (Å²) in [6.07, 6.45) is 2.60. The quantitative estimate of drug-likeness (QED) is 0.787. The predicted octanol–water partition coefficient (Wildman–Crippen LogP) is 2.32. The highest BCUT2D eigenvalue weighted by Gasteiger charge is 2.49. The molecule has 0 bridgehead atoms. The lowest BCUT2D eigenvalue weighted by Gasteiger charge is -2.25. The van der Waals surface area contributed by atoms with Gasteiger partial charge in [0.1, 0.15) is 5.75 Å². The molecule has 0 aromatic heterocycles. The zero-order valence-corrected chi connectivity index (χ0v) is 10.9. The smallest absolute Gasteiger partial charge is 0.237 e. The molecular weight excluding hydrogens is 242 g/mol. The fraction of sp³-hybridized carbons (Fsp3) is 0.467. The molecule has 4 nitrogen and oxygen atoms in total. The number of hydrogen-bond donors (Lipinski definition) is 1. The Balaban J connectivity index is 1.95. The second-order valence-corrected chi connectivity index (χ2v) is 5.66. The Bertz CT molecular complexity index is 540. The first-order valence-electron chi connectivity index (χ1n) is 6.75. The lowest BCUT2D eigenvalue weighted by molar-refractivity contribution is -0.122. The van der Waals surface area contributed by atoms with Crippen molar-refractivity contribution in [2.24, 2.45) is 17.8 Å². The van der Waals surface area contributed by atoms with Crippen LogP contribution in [0.15, 0.2) is 24.3 Å². The van der Waals surface area contributed by atoms with Crippen molar-refractivity contribution in [3.05, 3.63) is 24.3 Å². The van der Waals surface area contributed by atoms with Gasteiger partial charge >= 0.3 is 0 Å². The van der Waals surface area contributed by atoms with E-state index in [1.807, 2.05) is 0 Å². The minimum absolute atomic E-state index is 0.0707. The van der Waals surface area contributed by atoms with Crippen molar-refractivity contribution in [3.63, 3.8) is 0 Å². The number of phenolic OH excluding ortho intramolecular Hbond substituents is 1. The van der Waals surface area contributed by atoms with Crippen LogP contribution >= 0.6 is 0 Å². The SMILES string of the molecule is C[C@H]1CC[C@@H]2C(=O)N(c3cccc(O)c3)C(=O)[C@@H]2C1. The number of phenols is 1. The molecule has 1 aliphatic carbocycles. The molecule has 1 aromatic carbocycles. The van der Waals surface area contributed by atoms with Gasteiger partial charge in [0.2, 0.25) is 11.8 Å². The number of fused-ring (bicyclic) bond motifs is 1. The summed E-state index contributed by atoms with van der Waals surface area (Å²) in [7, 11) is 0. The molecule has 0 spiro atoms. The van der Waals surface area contributed by atoms with Gasteiger partial charge in [0, 0.05) is 6.07 Å². The maximum atomic E-state index is 12.4. The Morgan fingerprint density at radius 1 is 1.16 bits per heavy atom. The van der Waals surface area contributed by atoms with Crippen LogP contribution < -0.4 is 4.90 Å². The molecular formula is C15H17NO3. The number of benzene rings is 1. The standard InChI is InChI=1S/C15H17NO3/c1-9-5-6-12-13(7-9)15(19)16(14(12)18)10-3-2-4-11(17)8-10/h2-4,8-9,12-13,17H,5-7H2,1H3/t9-,12-,13+/m0/s1. The van der Waals surface area contributed by atoms with Gasteiger partial charge in [-0.25, -0.2) is 4.90 Å². The van der Waals surface area contributed by atoms with Crippen molar-refractivity contribution < 1.29 is 14.7 Å². The second-order valence-electron chi connectivity index (χ2n) is 5.66. The van der Waals surface area contributed by atoms with Gasteiger partial charge in [0.15, 0.2) is 0 Å². The maximum absolute atomic E-state index is 12.4. The van der Waals surface area contributed by atoms with Gasteiger partial charge < -0.3 is 5.11 Å². The van der Waals surface area contributed by atoms with E-state index in [0.717, 1.165) is 19.3 Å². The van der Waals surface area contributed by atoms with Crippen LogP contribution in [0.25, 0.3) is 0 Å². The number of carbonyl (C=O) groups excluding carboxylic acids is 2. The third kappa shape index (κ3) is 1.91. The topological polar surface area (TPSA) is 57.6 Å². The van der Waals surface area contributed by atoms with Gasteiger partial charge in [-0.2, -0.15) is 0 Å². The summed E-state index contributed by atoms with van der Waals surface area (Å²) in [6.45, 7) is 2.13. The van der Waals surface area contributed by atoms with Crippen molar-refractivity contribution >= 4 is 17.5 Å². The molecule has 4 heteroatoms. The van der Waals surface area contributed by atoms with Crippen molar-refractivity contribution in [1.82, 2.24) is 0 Å². The first-order valence-corrected chi connectivity index (χ1v) is 6.75. The number of carbonyl (C=O) groups is 2. The van der Waals surface area contributed by atoms with E-state index in [0.29, 0.717) is 11.6 Å². The largest absolute Gasteiger partial charge is 0.508 e. The number of amides is 2. The van der Waals surface area contributed by atoms with Gasteiger partial charge in [0.25, 0.3) is 0 Å². The highest BCUT2D eigenvalue weighted by atomic mass is 16.3. The van der Waals surface area contributed by atoms with Crippen molar-refractivity contribution in [2.45, 2.75) is 26.2 Å². The van der Waals surface area contributed by atoms with Gasteiger partial charge in [-0.3, -0.25) is 9.59 Å². The summed E-state index contributed by atoms with van der Waals surface area (Å²) in [5.41, 5.74) is 0.483. The minimum atomic E-state index is -0.168. The van der Waals surface area contributed by atoms with E-state index in [2.05, 4.69) is 6.92 Å². The lowest BCUT2D eigenvalue weighted by atomic mass is 9.76. The predicted molar refractivity (Wildman–Crippen MR) is 70.6 cm³/mol. The van der Waals surface area contributed by atoms with E-state index in [4.69, 9.17) is 0 Å². The molecule has 1 aromatic rings. The molecule has 2 aliphatic rings. The van der Waals surface area contributed by atoms with E-state index >= 15 is 0 Å². The number of hydrogen-bond acceptors (Lipinski definition) is 3. The summed E-state index contributed by atoms with van der Waals surface area (Å²) in [4.78, 5) is 26.1. The molecule has 3 atom stereocenters. The summed E-state index contributed by atoms with van der Waals surface area (Å²) in [6, 6.07) is 6.34. The molecule has 19 heavy (non-hydrogen) atoms. The Morgan fingerprint density at radius 3 is 2.63 bits per heavy atom. The van der Waals surface area contributed by atoms with Gasteiger partial charge in [-0.05, 0) is 37.3 Å². The summed E-state index contributed by atoms with van der Waals surface area (Å²) in [5, 5.41) is 9.50. The van der Waals surface area contributed by atoms with E-state index in [9.17, 15) is 14.7 Å². The average Bonchev–Trinajstić information content (AvgIpc) is 2.61. The average molecular weight is 259 g/mol. The van der Waals surface area contributed by atoms with Crippen LogP contribution in [0.2, 0.25) is 0 Å². The van der Waals surface area contributed by atoms with E-state index in [1.165, 1.54) is 17.0 Å². The molecule has 1 aliphatic heterocycles. The molecule has 2 amide bonds. The molecule has 0 radical (unpaired) electrons. The summed E-state index contributed by atoms with van der Waals surface area (Å²) < 4.78 is 0. The van der Waals surface area contributed by atoms with Gasteiger partial charge in [-0.1, -0.05) is 13.0 Å². The normalized spacial score (nSPS) is 30.6. The molecule has 1 N–H and O–H groups in total. The fourth-order valence-electron chi connectivity index (χ4n) is 3.28. The van der Waals surface area contributed by atoms with Crippen LogP contribution in [0.4, 0.5) is 5.69 Å². The monoisotopic (exact) mass is 259 g/mol. The first kappa shape index (κ1) is 12.2. The minimum Gasteiger partial charge on any atom is -0.508 e. The molecule has 100 valence electrons. The maximum Gasteiger partial charge on any atom is 0.237 e. The van der Waals surface area contributed by atoms with Crippen LogP contribution in [-0.2, 0) is 9.59 Å². The highest BCUT2D eigenvalue weighted by molar-refractivity contribution is 6.22. The third-order valence-corrected chi connectivity index (χ3v) is 4.28. The Hall–Kier alpha value is -1.84. The first-order chi connectivity index (χ1) is 9.08. The molecule has 3 rings (SSSR count). The van der Waals surface area contributed by atoms with Crippen molar-refractivity contribution in [3.8, 4) is 5.75 Å². The van der Waals surface area contributed by atoms with Crippen LogP contribution in [0.1, 0.15) is 26.2 Å². The van der Waals surface area contributed by atoms with Crippen molar-refractivity contribution in [1.29, 1.82) is 0 Å². The van der Waals surface area contributed by atoms with Crippen LogP contribution in [-0.4, -0.2) is 16.9 Å². The molecule has 0 unspecified atom stereocenters. The Morgan fingerprint density at radius 2 is 1.89 bits per heavy atom. The zero-order valence-electron chi connectivity index (χ0n) is 10.9. The van der Waals surface area contributed by atoms with Crippen LogP contribution in [0.3, 0.4) is 0 Å². The zero-order chi connectivity index (χ0) is 13.6. The number of imide groups is 1. The van der Waals surface area contributed by atoms with Crippen LogP contribution in [0.5, 0.6) is 5.75 Å². The highest BCUT2D eigenvalue weighted by Crippen LogP contribution is 2.42. The number of rotatable bonds is 1. The molecule has 1 heterocycles. The van der Waals surface area contributed by atoms with E-state index in [-0.39, 0.29) is 29.4 Å². The Labute approximate surface area is 112 Å². The fourth-order valence-corrected chi connectivity index (χ4v) is 3.28. The van der Waals surface area contributed by atoms with Gasteiger partial charge in [-0.15, -0.1) is 0 Å². The lowest BCUT2D eigenvalue weighted by Crippen LogP contribution is -2.30. The van der Waals surface area contributed by atoms with Crippen LogP contribution in [0, 0.1) is 17.8 Å². The van der Waals surface area contributed by atoms with E-state index < -0.39 is 0 Å². The molecule has 2 fully saturated rings. The third-order valence-electron chi connectivity index (χ3n) is 4.28. The number of anilines is 1. The molecule has 1 saturated heterocycles. The number of aromatic hydroxyl groups is 1.